The fourth-order valence-electron chi connectivity index (χ4n) is 3.74. The largest absolute Gasteiger partial charge is 0.492 e. The number of ether oxygens (including phenoxy) is 1. The smallest absolute Gasteiger partial charge is 0.142 e. The molecule has 3 rings (SSSR count). The molecule has 0 aromatic heterocycles. The molecule has 2 aromatic carbocycles. The quantitative estimate of drug-likeness (QED) is 0.725. The zero-order valence-electron chi connectivity index (χ0n) is 15.3. The Morgan fingerprint density at radius 1 is 1.23 bits per heavy atom. The van der Waals surface area contributed by atoms with Crippen LogP contribution in [-0.2, 0) is 11.0 Å². The van der Waals surface area contributed by atoms with E-state index in [2.05, 4.69) is 19.2 Å². The lowest BCUT2D eigenvalue weighted by atomic mass is 10.0. The Morgan fingerprint density at radius 3 is 2.54 bits per heavy atom. The highest BCUT2D eigenvalue weighted by atomic mass is 35.5. The zero-order chi connectivity index (χ0) is 18.9. The van der Waals surface area contributed by atoms with Gasteiger partial charge in [0.25, 0.3) is 0 Å². The Kier molecular flexibility index (Phi) is 5.61. The Labute approximate surface area is 162 Å². The van der Waals surface area contributed by atoms with Crippen molar-refractivity contribution in [1.82, 2.24) is 0 Å². The summed E-state index contributed by atoms with van der Waals surface area (Å²) in [6.07, 6.45) is 0. The second kappa shape index (κ2) is 7.59. The number of benzene rings is 2. The standard InChI is InChI=1S/C20H25ClN2O2S/c1-4-25-18-10-7-14(21)11-17(18)23-12-16-19(20(16,2)3)13-5-8-15(9-6-13)26(22)24/h5-11,16,19,23H,4,12,22H2,1-3H3/t16-,19-,26?/m1/s1. The van der Waals surface area contributed by atoms with Crippen molar-refractivity contribution in [2.24, 2.45) is 16.5 Å². The highest BCUT2D eigenvalue weighted by Gasteiger charge is 2.57. The molecule has 1 saturated carbocycles. The molecule has 0 bridgehead atoms. The third kappa shape index (κ3) is 3.90. The molecular weight excluding hydrogens is 368 g/mol. The van der Waals surface area contributed by atoms with E-state index < -0.39 is 11.0 Å². The number of nitrogens with one attached hydrogen (secondary N) is 1. The van der Waals surface area contributed by atoms with Crippen LogP contribution in [0.15, 0.2) is 47.4 Å². The lowest BCUT2D eigenvalue weighted by Gasteiger charge is -2.13. The second-order valence-corrected chi connectivity index (χ2v) is 8.73. The van der Waals surface area contributed by atoms with Gasteiger partial charge in [-0.15, -0.1) is 0 Å². The Balaban J connectivity index is 1.71. The average Bonchev–Trinajstić information content (AvgIpc) is 3.16. The molecule has 0 radical (unpaired) electrons. The van der Waals surface area contributed by atoms with Crippen LogP contribution in [0.2, 0.25) is 5.02 Å². The van der Waals surface area contributed by atoms with Crippen LogP contribution in [0.4, 0.5) is 5.69 Å². The van der Waals surface area contributed by atoms with Crippen molar-refractivity contribution in [3.8, 4) is 5.75 Å². The van der Waals surface area contributed by atoms with Crippen LogP contribution >= 0.6 is 11.6 Å². The number of anilines is 1. The van der Waals surface area contributed by atoms with Crippen LogP contribution in [-0.4, -0.2) is 17.4 Å². The van der Waals surface area contributed by atoms with Gasteiger partial charge < -0.3 is 10.1 Å². The van der Waals surface area contributed by atoms with E-state index in [0.717, 1.165) is 18.0 Å². The van der Waals surface area contributed by atoms with Crippen LogP contribution in [0, 0.1) is 11.3 Å². The Morgan fingerprint density at radius 2 is 1.92 bits per heavy atom. The Bertz CT molecular complexity index is 808. The highest BCUT2D eigenvalue weighted by Crippen LogP contribution is 2.64. The number of hydrogen-bond acceptors (Lipinski definition) is 3. The molecule has 1 unspecified atom stereocenters. The summed E-state index contributed by atoms with van der Waals surface area (Å²) < 4.78 is 17.0. The van der Waals surface area contributed by atoms with Gasteiger partial charge in [-0.2, -0.15) is 0 Å². The molecule has 0 amide bonds. The van der Waals surface area contributed by atoms with Gasteiger partial charge in [-0.3, -0.25) is 0 Å². The zero-order valence-corrected chi connectivity index (χ0v) is 16.9. The molecule has 0 aliphatic heterocycles. The van der Waals surface area contributed by atoms with E-state index in [1.807, 2.05) is 49.4 Å². The molecule has 1 aliphatic rings. The van der Waals surface area contributed by atoms with Crippen molar-refractivity contribution < 1.29 is 8.95 Å². The first-order valence-corrected chi connectivity index (χ1v) is 10.4. The van der Waals surface area contributed by atoms with E-state index in [-0.39, 0.29) is 5.41 Å². The van der Waals surface area contributed by atoms with Gasteiger partial charge >= 0.3 is 0 Å². The maximum atomic E-state index is 11.4. The van der Waals surface area contributed by atoms with Crippen molar-refractivity contribution in [3.05, 3.63) is 53.1 Å². The molecule has 0 spiro atoms. The normalized spacial score (nSPS) is 21.9. The van der Waals surface area contributed by atoms with E-state index in [1.165, 1.54) is 5.56 Å². The summed E-state index contributed by atoms with van der Waals surface area (Å²) in [5.41, 5.74) is 2.38. The van der Waals surface area contributed by atoms with Crippen molar-refractivity contribution in [3.63, 3.8) is 0 Å². The van der Waals surface area contributed by atoms with E-state index in [4.69, 9.17) is 21.5 Å². The maximum absolute atomic E-state index is 11.4. The number of nitrogens with two attached hydrogens (primary N) is 1. The highest BCUT2D eigenvalue weighted by molar-refractivity contribution is 7.82. The second-order valence-electron chi connectivity index (χ2n) is 7.23. The molecule has 3 atom stereocenters. The topological polar surface area (TPSA) is 64.3 Å². The van der Waals surface area contributed by atoms with Gasteiger partial charge in [-0.25, -0.2) is 9.35 Å². The minimum absolute atomic E-state index is 0.195. The molecule has 3 N–H and O–H groups in total. The minimum Gasteiger partial charge on any atom is -0.492 e. The molecule has 26 heavy (non-hydrogen) atoms. The Hall–Kier alpha value is -1.56. The molecule has 6 heteroatoms. The van der Waals surface area contributed by atoms with Crippen molar-refractivity contribution in [1.29, 1.82) is 0 Å². The number of halogens is 1. The third-order valence-electron chi connectivity index (χ3n) is 5.28. The van der Waals surface area contributed by atoms with E-state index >= 15 is 0 Å². The van der Waals surface area contributed by atoms with Gasteiger partial charge in [0.2, 0.25) is 0 Å². The summed E-state index contributed by atoms with van der Waals surface area (Å²) in [5.74, 6) is 1.76. The van der Waals surface area contributed by atoms with E-state index in [1.54, 1.807) is 0 Å². The van der Waals surface area contributed by atoms with Gasteiger partial charge in [0, 0.05) is 11.6 Å². The van der Waals surface area contributed by atoms with Crippen LogP contribution in [0.5, 0.6) is 5.75 Å². The first-order valence-electron chi connectivity index (χ1n) is 8.77. The summed E-state index contributed by atoms with van der Waals surface area (Å²) >= 11 is 6.14. The molecular formula is C20H25ClN2O2S. The molecule has 2 aromatic rings. The summed E-state index contributed by atoms with van der Waals surface area (Å²) in [7, 11) is -1.43. The predicted octanol–water partition coefficient (Wildman–Crippen LogP) is 4.57. The number of rotatable bonds is 7. The summed E-state index contributed by atoms with van der Waals surface area (Å²) in [6, 6.07) is 13.4. The fourth-order valence-corrected chi connectivity index (χ4v) is 4.31. The molecule has 1 fully saturated rings. The van der Waals surface area contributed by atoms with Crippen molar-refractivity contribution in [2.75, 3.05) is 18.5 Å². The summed E-state index contributed by atoms with van der Waals surface area (Å²) in [5, 5.41) is 9.63. The molecule has 0 heterocycles. The minimum atomic E-state index is -1.43. The van der Waals surface area contributed by atoms with Crippen molar-refractivity contribution >= 4 is 28.3 Å². The van der Waals surface area contributed by atoms with Gasteiger partial charge in [0.1, 0.15) is 16.7 Å². The molecule has 140 valence electrons. The summed E-state index contributed by atoms with van der Waals surface area (Å²) in [6.45, 7) is 7.97. The molecule has 0 saturated heterocycles. The number of hydrogen-bond donors (Lipinski definition) is 2. The maximum Gasteiger partial charge on any atom is 0.142 e. The third-order valence-corrected chi connectivity index (χ3v) is 6.25. The lowest BCUT2D eigenvalue weighted by Crippen LogP contribution is -2.09. The van der Waals surface area contributed by atoms with Gasteiger partial charge in [-0.05, 0) is 60.1 Å². The monoisotopic (exact) mass is 392 g/mol. The SMILES string of the molecule is CCOc1ccc(Cl)cc1NC[C@@H]1[C@@H](c2ccc(S(N)=O)cc2)C1(C)C. The van der Waals surface area contributed by atoms with Crippen LogP contribution in [0.3, 0.4) is 0 Å². The van der Waals surface area contributed by atoms with Gasteiger partial charge in [0.05, 0.1) is 17.2 Å². The average molecular weight is 393 g/mol. The lowest BCUT2D eigenvalue weighted by molar-refractivity contribution is 0.341. The van der Waals surface area contributed by atoms with E-state index in [0.29, 0.717) is 28.4 Å². The predicted molar refractivity (Wildman–Crippen MR) is 108 cm³/mol. The van der Waals surface area contributed by atoms with Gasteiger partial charge in [0.15, 0.2) is 0 Å². The molecule has 4 nitrogen and oxygen atoms in total. The first kappa shape index (κ1) is 19.2. The van der Waals surface area contributed by atoms with Crippen LogP contribution in [0.25, 0.3) is 0 Å². The fraction of sp³-hybridized carbons (Fsp3) is 0.400. The van der Waals surface area contributed by atoms with Crippen LogP contribution in [0.1, 0.15) is 32.3 Å². The van der Waals surface area contributed by atoms with Gasteiger partial charge in [-0.1, -0.05) is 37.6 Å². The summed E-state index contributed by atoms with van der Waals surface area (Å²) in [4.78, 5) is 0.655. The first-order chi connectivity index (χ1) is 12.3. The molecule has 1 aliphatic carbocycles. The van der Waals surface area contributed by atoms with E-state index in [9.17, 15) is 4.21 Å². The van der Waals surface area contributed by atoms with Crippen LogP contribution < -0.4 is 15.2 Å². The van der Waals surface area contributed by atoms with Crippen molar-refractivity contribution in [2.45, 2.75) is 31.6 Å².